The maximum atomic E-state index is 13.5. The number of nitrogens with two attached hydrogens (primary N) is 1. The molecule has 0 aromatic heterocycles. The van der Waals surface area contributed by atoms with Crippen molar-refractivity contribution in [2.24, 2.45) is 0 Å². The predicted octanol–water partition coefficient (Wildman–Crippen LogP) is 1.49. The van der Waals surface area contributed by atoms with Crippen molar-refractivity contribution in [3.63, 3.8) is 0 Å². The van der Waals surface area contributed by atoms with Crippen LogP contribution in [0.15, 0.2) is 17.0 Å². The van der Waals surface area contributed by atoms with Gasteiger partial charge in [-0.3, -0.25) is 0 Å². The fourth-order valence-electron chi connectivity index (χ4n) is 1.43. The molecule has 0 amide bonds. The molecule has 0 fully saturated rings. The lowest BCUT2D eigenvalue weighted by molar-refractivity contribution is 0.388. The molecule has 0 spiro atoms. The van der Waals surface area contributed by atoms with E-state index >= 15 is 0 Å². The Morgan fingerprint density at radius 2 is 2.11 bits per heavy atom. The quantitative estimate of drug-likeness (QED) is 0.609. The summed E-state index contributed by atoms with van der Waals surface area (Å²) < 4.78 is 44.3. The highest BCUT2D eigenvalue weighted by Gasteiger charge is 2.18. The van der Waals surface area contributed by atoms with Crippen molar-refractivity contribution in [3.05, 3.63) is 17.9 Å². The Balaban J connectivity index is 3.03. The second kappa shape index (κ2) is 6.01. The van der Waals surface area contributed by atoms with Crippen molar-refractivity contribution in [1.82, 2.24) is 4.72 Å². The second-order valence-corrected chi connectivity index (χ2v) is 5.55. The summed E-state index contributed by atoms with van der Waals surface area (Å²) in [7, 11) is -2.46. The third-order valence-corrected chi connectivity index (χ3v) is 3.82. The zero-order valence-corrected chi connectivity index (χ0v) is 11.2. The van der Waals surface area contributed by atoms with Gasteiger partial charge in [0, 0.05) is 6.54 Å². The monoisotopic (exact) mass is 276 g/mol. The van der Waals surface area contributed by atoms with Crippen LogP contribution >= 0.6 is 0 Å². The van der Waals surface area contributed by atoms with Gasteiger partial charge in [0.2, 0.25) is 10.0 Å². The Bertz CT molecular complexity index is 494. The Kier molecular flexibility index (Phi) is 4.92. The van der Waals surface area contributed by atoms with Gasteiger partial charge < -0.3 is 10.5 Å². The molecule has 0 atom stereocenters. The number of methoxy groups -OCH3 is 1. The number of sulfonamides is 1. The van der Waals surface area contributed by atoms with Crippen molar-refractivity contribution in [1.29, 1.82) is 0 Å². The van der Waals surface area contributed by atoms with Gasteiger partial charge in [-0.2, -0.15) is 0 Å². The number of halogens is 1. The number of ether oxygens (including phenoxy) is 1. The van der Waals surface area contributed by atoms with E-state index in [0.29, 0.717) is 13.0 Å². The van der Waals surface area contributed by atoms with Crippen molar-refractivity contribution in [2.75, 3.05) is 19.4 Å². The van der Waals surface area contributed by atoms with Gasteiger partial charge >= 0.3 is 0 Å². The molecule has 102 valence electrons. The molecule has 0 bridgehead atoms. The number of hydrogen-bond acceptors (Lipinski definition) is 4. The highest BCUT2D eigenvalue weighted by Crippen LogP contribution is 2.28. The Hall–Kier alpha value is -1.34. The summed E-state index contributed by atoms with van der Waals surface area (Å²) in [5.74, 6) is -0.948. The van der Waals surface area contributed by atoms with E-state index in [1.54, 1.807) is 0 Å². The maximum Gasteiger partial charge on any atom is 0.240 e. The van der Waals surface area contributed by atoms with Crippen LogP contribution in [-0.2, 0) is 10.0 Å². The molecule has 1 aromatic carbocycles. The topological polar surface area (TPSA) is 81.4 Å². The number of anilines is 1. The van der Waals surface area contributed by atoms with E-state index < -0.39 is 15.8 Å². The van der Waals surface area contributed by atoms with Crippen molar-refractivity contribution >= 4 is 15.7 Å². The molecule has 0 aliphatic rings. The summed E-state index contributed by atoms with van der Waals surface area (Å²) in [6.45, 7) is 2.26. The van der Waals surface area contributed by atoms with Crippen LogP contribution in [0.1, 0.15) is 19.8 Å². The van der Waals surface area contributed by atoms with Crippen molar-refractivity contribution in [2.45, 2.75) is 24.7 Å². The first-order valence-corrected chi connectivity index (χ1v) is 7.03. The molecule has 3 N–H and O–H groups in total. The van der Waals surface area contributed by atoms with Crippen molar-refractivity contribution in [3.8, 4) is 5.75 Å². The molecular weight excluding hydrogens is 259 g/mol. The summed E-state index contributed by atoms with van der Waals surface area (Å²) in [5, 5.41) is 0. The summed E-state index contributed by atoms with van der Waals surface area (Å²) in [6, 6.07) is 2.07. The maximum absolute atomic E-state index is 13.5. The molecule has 0 aliphatic heterocycles. The van der Waals surface area contributed by atoms with E-state index in [2.05, 4.69) is 4.72 Å². The van der Waals surface area contributed by atoms with Crippen LogP contribution in [0.5, 0.6) is 5.75 Å². The zero-order chi connectivity index (χ0) is 13.8. The number of hydrogen-bond donors (Lipinski definition) is 2. The molecule has 0 saturated heterocycles. The highest BCUT2D eigenvalue weighted by atomic mass is 32.2. The third kappa shape index (κ3) is 3.33. The van der Waals surface area contributed by atoms with Crippen molar-refractivity contribution < 1.29 is 17.5 Å². The third-order valence-electron chi connectivity index (χ3n) is 2.38. The van der Waals surface area contributed by atoms with E-state index in [4.69, 9.17) is 10.5 Å². The van der Waals surface area contributed by atoms with Crippen LogP contribution in [0.2, 0.25) is 0 Å². The first kappa shape index (κ1) is 14.7. The van der Waals surface area contributed by atoms with Gasteiger partial charge in [-0.15, -0.1) is 0 Å². The molecule has 5 nitrogen and oxygen atoms in total. The predicted molar refractivity (Wildman–Crippen MR) is 67.5 cm³/mol. The van der Waals surface area contributed by atoms with Crippen LogP contribution in [0.3, 0.4) is 0 Å². The molecule has 0 heterocycles. The van der Waals surface area contributed by atoms with Crippen LogP contribution in [0.4, 0.5) is 10.1 Å². The van der Waals surface area contributed by atoms with E-state index in [9.17, 15) is 12.8 Å². The molecule has 0 radical (unpaired) electrons. The van der Waals surface area contributed by atoms with Crippen LogP contribution in [-0.4, -0.2) is 22.1 Å². The summed E-state index contributed by atoms with van der Waals surface area (Å²) in [6.07, 6.45) is 1.58. The fourth-order valence-corrected chi connectivity index (χ4v) is 2.55. The van der Waals surface area contributed by atoms with Gasteiger partial charge in [0.1, 0.15) is 0 Å². The number of benzene rings is 1. The average Bonchev–Trinajstić information content (AvgIpc) is 2.28. The summed E-state index contributed by atoms with van der Waals surface area (Å²) >= 11 is 0. The molecule has 1 aromatic rings. The number of nitrogens with one attached hydrogen (secondary N) is 1. The summed E-state index contributed by atoms with van der Waals surface area (Å²) in [5.41, 5.74) is 5.48. The van der Waals surface area contributed by atoms with E-state index in [1.165, 1.54) is 13.2 Å². The standard InChI is InChI=1S/C11H17FN2O3S/c1-3-4-5-14-18(15,16)8-6-9(12)11(17-2)10(13)7-8/h6-7,14H,3-5,13H2,1-2H3. The van der Waals surface area contributed by atoms with Crippen LogP contribution in [0.25, 0.3) is 0 Å². The lowest BCUT2D eigenvalue weighted by atomic mass is 10.3. The lowest BCUT2D eigenvalue weighted by Gasteiger charge is -2.10. The van der Waals surface area contributed by atoms with Gasteiger partial charge in [0.15, 0.2) is 11.6 Å². The molecule has 1 rings (SSSR count). The van der Waals surface area contributed by atoms with Gasteiger partial charge in [0.25, 0.3) is 0 Å². The minimum atomic E-state index is -3.73. The Morgan fingerprint density at radius 3 is 2.61 bits per heavy atom. The highest BCUT2D eigenvalue weighted by molar-refractivity contribution is 7.89. The Morgan fingerprint density at radius 1 is 1.44 bits per heavy atom. The van der Waals surface area contributed by atoms with Gasteiger partial charge in [-0.05, 0) is 18.6 Å². The SMILES string of the molecule is CCCCNS(=O)(=O)c1cc(N)c(OC)c(F)c1. The lowest BCUT2D eigenvalue weighted by Crippen LogP contribution is -2.25. The van der Waals surface area contributed by atoms with Gasteiger partial charge in [0.05, 0.1) is 17.7 Å². The first-order chi connectivity index (χ1) is 8.42. The molecule has 0 aliphatic carbocycles. The number of rotatable bonds is 6. The molecule has 0 saturated carbocycles. The second-order valence-electron chi connectivity index (χ2n) is 3.78. The van der Waals surface area contributed by atoms with E-state index in [1.807, 2.05) is 6.92 Å². The smallest absolute Gasteiger partial charge is 0.240 e. The largest absolute Gasteiger partial charge is 0.492 e. The zero-order valence-electron chi connectivity index (χ0n) is 10.4. The molecule has 0 unspecified atom stereocenters. The fraction of sp³-hybridized carbons (Fsp3) is 0.455. The minimum absolute atomic E-state index is 0.0478. The van der Waals surface area contributed by atoms with E-state index in [-0.39, 0.29) is 16.3 Å². The normalized spacial score (nSPS) is 11.5. The Labute approximate surface area is 106 Å². The molecule has 18 heavy (non-hydrogen) atoms. The van der Waals surface area contributed by atoms with E-state index in [0.717, 1.165) is 12.5 Å². The average molecular weight is 276 g/mol. The first-order valence-electron chi connectivity index (χ1n) is 5.55. The number of unbranched alkanes of at least 4 members (excludes halogenated alkanes) is 1. The van der Waals surface area contributed by atoms with Crippen LogP contribution in [0, 0.1) is 5.82 Å². The van der Waals surface area contributed by atoms with Gasteiger partial charge in [-0.1, -0.05) is 13.3 Å². The van der Waals surface area contributed by atoms with Crippen LogP contribution < -0.4 is 15.2 Å². The van der Waals surface area contributed by atoms with Gasteiger partial charge in [-0.25, -0.2) is 17.5 Å². The molecule has 7 heteroatoms. The summed E-state index contributed by atoms with van der Waals surface area (Å²) in [4.78, 5) is -0.200. The number of nitrogen functional groups attached to an aromatic ring is 1. The minimum Gasteiger partial charge on any atom is -0.492 e. The molecular formula is C11H17FN2O3S.